The first-order chi connectivity index (χ1) is 12.7. The molecule has 26 heavy (non-hydrogen) atoms. The lowest BCUT2D eigenvalue weighted by Crippen LogP contribution is -2.03. The van der Waals surface area contributed by atoms with E-state index in [4.69, 9.17) is 4.74 Å². The van der Waals surface area contributed by atoms with Crippen LogP contribution in [0.2, 0.25) is 0 Å². The molecule has 6 nitrogen and oxygen atoms in total. The molecule has 1 aromatic carbocycles. The van der Waals surface area contributed by atoms with E-state index in [-0.39, 0.29) is 5.75 Å². The van der Waals surface area contributed by atoms with Gasteiger partial charge in [-0.05, 0) is 56.4 Å². The van der Waals surface area contributed by atoms with Crippen molar-refractivity contribution < 1.29 is 9.84 Å². The molecular weight excluding hydrogens is 348 g/mol. The minimum absolute atomic E-state index is 0.111. The number of anilines is 1. The maximum Gasteiger partial charge on any atom is 0.161 e. The zero-order valence-corrected chi connectivity index (χ0v) is 15.6. The maximum absolute atomic E-state index is 9.74. The Morgan fingerprint density at radius 2 is 2.12 bits per heavy atom. The largest absolute Gasteiger partial charge is 0.504 e. The van der Waals surface area contributed by atoms with Gasteiger partial charge >= 0.3 is 0 Å². The Hall–Kier alpha value is -2.67. The monoisotopic (exact) mass is 368 g/mol. The number of aryl methyl sites for hydroxylation is 2. The highest BCUT2D eigenvalue weighted by Gasteiger charge is 2.19. The number of ether oxygens (including phenoxy) is 1. The number of rotatable bonds is 4. The second kappa shape index (κ2) is 6.92. The summed E-state index contributed by atoms with van der Waals surface area (Å²) in [7, 11) is 1.53. The van der Waals surface area contributed by atoms with E-state index in [9.17, 15) is 5.11 Å². The number of hydrogen-bond donors (Lipinski definition) is 2. The number of nitrogens with zero attached hydrogens (tertiary/aromatic N) is 3. The molecule has 0 unspecified atom stereocenters. The van der Waals surface area contributed by atoms with Gasteiger partial charge in [-0.2, -0.15) is 5.10 Å². The zero-order valence-electron chi connectivity index (χ0n) is 14.7. The summed E-state index contributed by atoms with van der Waals surface area (Å²) in [5.74, 6) is 1.28. The lowest BCUT2D eigenvalue weighted by atomic mass is 9.97. The van der Waals surface area contributed by atoms with E-state index in [1.807, 2.05) is 6.92 Å². The van der Waals surface area contributed by atoms with Crippen molar-refractivity contribution in [3.05, 3.63) is 40.5 Å². The summed E-state index contributed by atoms with van der Waals surface area (Å²) >= 11 is 1.77. The average Bonchev–Trinajstić information content (AvgIpc) is 3.05. The number of benzene rings is 1. The second-order valence-corrected chi connectivity index (χ2v) is 7.39. The molecule has 0 bridgehead atoms. The number of phenols is 1. The number of methoxy groups -OCH3 is 1. The molecule has 1 aliphatic rings. The van der Waals surface area contributed by atoms with Crippen molar-refractivity contribution in [2.24, 2.45) is 5.10 Å². The van der Waals surface area contributed by atoms with E-state index in [1.54, 1.807) is 35.9 Å². The van der Waals surface area contributed by atoms with E-state index >= 15 is 0 Å². The molecule has 0 atom stereocenters. The molecule has 2 aromatic heterocycles. The molecule has 0 radical (unpaired) electrons. The van der Waals surface area contributed by atoms with Gasteiger partial charge in [-0.3, -0.25) is 5.43 Å². The van der Waals surface area contributed by atoms with E-state index in [2.05, 4.69) is 20.5 Å². The van der Waals surface area contributed by atoms with Crippen molar-refractivity contribution in [1.82, 2.24) is 9.97 Å². The third kappa shape index (κ3) is 2.99. The number of nitrogens with one attached hydrogen (secondary N) is 1. The fraction of sp³-hybridized carbons (Fsp3) is 0.316. The Labute approximate surface area is 155 Å². The van der Waals surface area contributed by atoms with Crippen LogP contribution < -0.4 is 10.2 Å². The molecule has 0 fully saturated rings. The van der Waals surface area contributed by atoms with Crippen LogP contribution >= 0.6 is 11.3 Å². The first-order valence-corrected chi connectivity index (χ1v) is 9.42. The van der Waals surface area contributed by atoms with Crippen LogP contribution in [0.3, 0.4) is 0 Å². The van der Waals surface area contributed by atoms with Crippen molar-refractivity contribution in [3.63, 3.8) is 0 Å². The van der Waals surface area contributed by atoms with Crippen LogP contribution in [-0.4, -0.2) is 27.9 Å². The molecule has 0 saturated carbocycles. The third-order valence-corrected chi connectivity index (χ3v) is 5.88. The standard InChI is InChI=1S/C19H20N4O2S/c1-11(12-7-8-14(24)15(9-12)25-2)22-23-18-17-13-5-3-4-6-16(13)26-19(17)21-10-20-18/h7-10,24H,3-6H2,1-2H3,(H,20,21,23). The molecule has 3 aromatic rings. The number of hydrogen-bond acceptors (Lipinski definition) is 7. The summed E-state index contributed by atoms with van der Waals surface area (Å²) in [6.45, 7) is 1.90. The highest BCUT2D eigenvalue weighted by atomic mass is 32.1. The van der Waals surface area contributed by atoms with Gasteiger partial charge < -0.3 is 9.84 Å². The fourth-order valence-corrected chi connectivity index (χ4v) is 4.51. The van der Waals surface area contributed by atoms with Gasteiger partial charge in [-0.1, -0.05) is 0 Å². The molecule has 4 rings (SSSR count). The predicted molar refractivity (Wildman–Crippen MR) is 105 cm³/mol. The Morgan fingerprint density at radius 1 is 1.27 bits per heavy atom. The summed E-state index contributed by atoms with van der Waals surface area (Å²) in [4.78, 5) is 11.3. The van der Waals surface area contributed by atoms with Gasteiger partial charge in [0, 0.05) is 10.4 Å². The molecule has 0 spiro atoms. The second-order valence-electron chi connectivity index (χ2n) is 6.31. The number of thiophene rings is 1. The summed E-state index contributed by atoms with van der Waals surface area (Å²) < 4.78 is 5.16. The van der Waals surface area contributed by atoms with Gasteiger partial charge in [0.2, 0.25) is 0 Å². The normalized spacial score (nSPS) is 14.3. The van der Waals surface area contributed by atoms with Crippen molar-refractivity contribution in [2.45, 2.75) is 32.6 Å². The topological polar surface area (TPSA) is 79.6 Å². The molecular formula is C19H20N4O2S. The smallest absolute Gasteiger partial charge is 0.161 e. The number of phenolic OH excluding ortho intramolecular Hbond substituents is 1. The van der Waals surface area contributed by atoms with Gasteiger partial charge in [0.1, 0.15) is 11.2 Å². The van der Waals surface area contributed by atoms with Crippen LogP contribution in [-0.2, 0) is 12.8 Å². The first-order valence-electron chi connectivity index (χ1n) is 8.60. The van der Waals surface area contributed by atoms with Crippen LogP contribution in [0.25, 0.3) is 10.2 Å². The van der Waals surface area contributed by atoms with Gasteiger partial charge in [0.05, 0.1) is 18.2 Å². The van der Waals surface area contributed by atoms with Crippen molar-refractivity contribution >= 4 is 33.1 Å². The minimum atomic E-state index is 0.111. The first kappa shape index (κ1) is 16.8. The lowest BCUT2D eigenvalue weighted by molar-refractivity contribution is 0.373. The van der Waals surface area contributed by atoms with Crippen LogP contribution in [0.1, 0.15) is 35.8 Å². The summed E-state index contributed by atoms with van der Waals surface area (Å²) in [5.41, 5.74) is 6.13. The molecule has 0 saturated heterocycles. The molecule has 134 valence electrons. The SMILES string of the molecule is COc1cc(C(C)=NNc2ncnc3sc4c(c23)CCCC4)ccc1O. The molecule has 7 heteroatoms. The van der Waals surface area contributed by atoms with Crippen molar-refractivity contribution in [1.29, 1.82) is 0 Å². The quantitative estimate of drug-likeness (QED) is 0.535. The number of aromatic hydroxyl groups is 1. The van der Waals surface area contributed by atoms with Gasteiger partial charge in [0.25, 0.3) is 0 Å². The van der Waals surface area contributed by atoms with Gasteiger partial charge in [-0.25, -0.2) is 9.97 Å². The minimum Gasteiger partial charge on any atom is -0.504 e. The van der Waals surface area contributed by atoms with Crippen LogP contribution in [0.5, 0.6) is 11.5 Å². The van der Waals surface area contributed by atoms with Crippen molar-refractivity contribution in [3.8, 4) is 11.5 Å². The Morgan fingerprint density at radius 3 is 2.96 bits per heavy atom. The predicted octanol–water partition coefficient (Wildman–Crippen LogP) is 4.12. The maximum atomic E-state index is 9.74. The number of fused-ring (bicyclic) bond motifs is 3. The van der Waals surface area contributed by atoms with Crippen LogP contribution in [0.15, 0.2) is 29.6 Å². The van der Waals surface area contributed by atoms with E-state index < -0.39 is 0 Å². The Kier molecular flexibility index (Phi) is 4.46. The molecule has 1 aliphatic carbocycles. The molecule has 0 amide bonds. The summed E-state index contributed by atoms with van der Waals surface area (Å²) in [5, 5.41) is 15.3. The number of aromatic nitrogens is 2. The van der Waals surface area contributed by atoms with Crippen LogP contribution in [0, 0.1) is 0 Å². The summed E-state index contributed by atoms with van der Waals surface area (Å²) in [6.07, 6.45) is 6.25. The zero-order chi connectivity index (χ0) is 18.1. The lowest BCUT2D eigenvalue weighted by Gasteiger charge is -2.11. The fourth-order valence-electron chi connectivity index (χ4n) is 3.28. The number of hydrazone groups is 1. The Bertz CT molecular complexity index is 997. The van der Waals surface area contributed by atoms with E-state index in [1.165, 1.54) is 30.4 Å². The van der Waals surface area contributed by atoms with Crippen molar-refractivity contribution in [2.75, 3.05) is 12.5 Å². The molecule has 0 aliphatic heterocycles. The van der Waals surface area contributed by atoms with E-state index in [0.717, 1.165) is 40.2 Å². The van der Waals surface area contributed by atoms with Gasteiger partial charge in [0.15, 0.2) is 17.3 Å². The van der Waals surface area contributed by atoms with E-state index in [0.29, 0.717) is 5.75 Å². The molecule has 2 heterocycles. The Balaban J connectivity index is 1.67. The highest BCUT2D eigenvalue weighted by Crippen LogP contribution is 2.38. The molecule has 2 N–H and O–H groups in total. The highest BCUT2D eigenvalue weighted by molar-refractivity contribution is 7.19. The average molecular weight is 368 g/mol. The van der Waals surface area contributed by atoms with Crippen LogP contribution in [0.4, 0.5) is 5.82 Å². The third-order valence-electron chi connectivity index (χ3n) is 4.68. The van der Waals surface area contributed by atoms with Gasteiger partial charge in [-0.15, -0.1) is 11.3 Å². The summed E-state index contributed by atoms with van der Waals surface area (Å²) in [6, 6.07) is 5.17.